The van der Waals surface area contributed by atoms with Crippen molar-refractivity contribution >= 4 is 6.48 Å². The second-order valence-corrected chi connectivity index (χ2v) is 23.1. The molecule has 2 aliphatic rings. The van der Waals surface area contributed by atoms with Gasteiger partial charge in [0.15, 0.2) is 0 Å². The zero-order valence-corrected chi connectivity index (χ0v) is 35.9. The van der Waals surface area contributed by atoms with E-state index in [0.717, 1.165) is 6.42 Å². The first-order valence-corrected chi connectivity index (χ1v) is 22.0. The Labute approximate surface area is 323 Å². The van der Waals surface area contributed by atoms with E-state index in [0.29, 0.717) is 5.92 Å². The molecule has 4 aromatic rings. The molecule has 3 heteroatoms. The molecule has 0 aromatic heterocycles. The topological polar surface area (TPSA) is 0 Å². The van der Waals surface area contributed by atoms with Gasteiger partial charge in [-0.2, -0.15) is 0 Å². The molecule has 0 nitrogen and oxygen atoms in total. The van der Waals surface area contributed by atoms with Crippen LogP contribution in [0.4, 0.5) is 0 Å². The zero-order valence-electron chi connectivity index (χ0n) is 32.0. The summed E-state index contributed by atoms with van der Waals surface area (Å²) in [5.74, 6) is 0.501. The summed E-state index contributed by atoms with van der Waals surface area (Å²) in [6.07, 6.45) is 10.1. The van der Waals surface area contributed by atoms with Crippen LogP contribution in [0, 0.1) is 11.3 Å². The van der Waals surface area contributed by atoms with E-state index in [1.54, 1.807) is 15.3 Å². The smallest absolute Gasteiger partial charge is 1.00 e. The molecule has 0 N–H and O–H groups in total. The second kappa shape index (κ2) is 15.7. The molecule has 0 radical (unpaired) electrons. The number of hydrogen-bond donors (Lipinski definition) is 0. The molecule has 0 fully saturated rings. The fourth-order valence-corrected chi connectivity index (χ4v) is 16.1. The van der Waals surface area contributed by atoms with Crippen molar-refractivity contribution < 1.29 is 46.1 Å². The van der Waals surface area contributed by atoms with Crippen molar-refractivity contribution in [1.82, 2.24) is 0 Å². The summed E-state index contributed by atoms with van der Waals surface area (Å²) in [7, 11) is 0. The largest absolute Gasteiger partial charge is 1.00 e. The molecule has 2 aliphatic carbocycles. The summed E-state index contributed by atoms with van der Waals surface area (Å²) >= 11 is -2.91. The van der Waals surface area contributed by atoms with Gasteiger partial charge in [-0.3, -0.25) is 0 Å². The number of fused-ring (bicyclic) bond motifs is 3. The van der Waals surface area contributed by atoms with Crippen LogP contribution in [0.25, 0.3) is 11.1 Å². The SMILES string of the molecule is CCCCC1C=C(C(C)(C)C)C=[C]1[Zr+2](=[C](c1ccccc1)c1ccccc1)[c]1cc(C(C)(C)C)cc2c1Cc1ccc(C(C)(C)C)cc1-2.[Cl-].[Cl-]. The Hall–Kier alpha value is -2.31. The molecule has 0 heterocycles. The van der Waals surface area contributed by atoms with Crippen molar-refractivity contribution in [2.24, 2.45) is 11.3 Å². The number of allylic oxidation sites excluding steroid dienone is 4. The van der Waals surface area contributed by atoms with Gasteiger partial charge in [0.2, 0.25) is 0 Å². The molecular weight excluding hydrogens is 727 g/mol. The molecule has 0 amide bonds. The van der Waals surface area contributed by atoms with Gasteiger partial charge in [0.05, 0.1) is 0 Å². The number of hydrogen-bond acceptors (Lipinski definition) is 0. The van der Waals surface area contributed by atoms with Crippen molar-refractivity contribution in [3.8, 4) is 11.1 Å². The summed E-state index contributed by atoms with van der Waals surface area (Å²) in [5, 5.41) is 0. The number of benzene rings is 4. The Morgan fingerprint density at radius 2 is 1.22 bits per heavy atom. The van der Waals surface area contributed by atoms with Gasteiger partial charge in [0.25, 0.3) is 0 Å². The summed E-state index contributed by atoms with van der Waals surface area (Å²) in [6.45, 7) is 23.8. The first-order chi connectivity index (χ1) is 22.7. The van der Waals surface area contributed by atoms with Gasteiger partial charge in [0.1, 0.15) is 0 Å². The van der Waals surface area contributed by atoms with Crippen LogP contribution >= 0.6 is 0 Å². The van der Waals surface area contributed by atoms with Crippen LogP contribution in [-0.4, -0.2) is 3.21 Å². The first kappa shape index (κ1) is 40.5. The van der Waals surface area contributed by atoms with Crippen LogP contribution < -0.4 is 28.1 Å². The van der Waals surface area contributed by atoms with Gasteiger partial charge in [-0.15, -0.1) is 0 Å². The number of halogens is 2. The maximum absolute atomic E-state index is 2.91. The van der Waals surface area contributed by atoms with Crippen molar-refractivity contribution in [3.05, 3.63) is 145 Å². The van der Waals surface area contributed by atoms with Crippen LogP contribution in [-0.2, 0) is 38.5 Å². The number of unbranched alkanes of at least 4 members (excludes halogenated alkanes) is 1. The predicted molar refractivity (Wildman–Crippen MR) is 206 cm³/mol. The number of rotatable bonds is 7. The Balaban J connectivity index is 0.00000281. The van der Waals surface area contributed by atoms with Crippen molar-refractivity contribution in [2.75, 3.05) is 0 Å². The van der Waals surface area contributed by atoms with Crippen LogP contribution in [0.15, 0.2) is 112 Å². The molecule has 0 saturated heterocycles. The molecule has 6 rings (SSSR count). The van der Waals surface area contributed by atoms with Crippen LogP contribution in [0.5, 0.6) is 0 Å². The van der Waals surface area contributed by atoms with E-state index in [-0.39, 0.29) is 41.1 Å². The minimum Gasteiger partial charge on any atom is -1.00 e. The molecule has 1 unspecified atom stereocenters. The summed E-state index contributed by atoms with van der Waals surface area (Å²) in [5.41, 5.74) is 13.5. The van der Waals surface area contributed by atoms with Gasteiger partial charge < -0.3 is 24.8 Å². The maximum Gasteiger partial charge on any atom is -1.00 e. The third-order valence-corrected chi connectivity index (χ3v) is 18.3. The molecule has 50 heavy (non-hydrogen) atoms. The van der Waals surface area contributed by atoms with E-state index in [1.807, 2.05) is 0 Å². The monoisotopic (exact) mass is 780 g/mol. The third kappa shape index (κ3) is 8.33. The van der Waals surface area contributed by atoms with E-state index >= 15 is 0 Å². The normalized spacial score (nSPS) is 15.1. The van der Waals surface area contributed by atoms with E-state index in [4.69, 9.17) is 0 Å². The Morgan fingerprint density at radius 1 is 0.660 bits per heavy atom. The quantitative estimate of drug-likeness (QED) is 0.189. The van der Waals surface area contributed by atoms with E-state index < -0.39 is 21.3 Å². The average Bonchev–Trinajstić information content (AvgIpc) is 3.64. The minimum absolute atomic E-state index is 0. The summed E-state index contributed by atoms with van der Waals surface area (Å²) in [4.78, 5) is 0. The summed E-state index contributed by atoms with van der Waals surface area (Å²) < 4.78 is 5.07. The van der Waals surface area contributed by atoms with E-state index in [9.17, 15) is 0 Å². The average molecular weight is 783 g/mol. The van der Waals surface area contributed by atoms with Crippen molar-refractivity contribution in [3.63, 3.8) is 0 Å². The van der Waals surface area contributed by atoms with Crippen LogP contribution in [0.3, 0.4) is 0 Å². The minimum atomic E-state index is -2.91. The zero-order chi connectivity index (χ0) is 34.4. The van der Waals surface area contributed by atoms with Gasteiger partial charge >= 0.3 is 301 Å². The molecule has 0 bridgehead atoms. The van der Waals surface area contributed by atoms with Crippen molar-refractivity contribution in [1.29, 1.82) is 0 Å². The standard InChI is InChI=1S/C21H25.C13H10.C13H21.2ClH.Zr/c1-20(2,3)16-9-7-14-11-15-8-10-17(21(4,5)6)13-19(15)18(14)12-16;1-3-7-12(8-4-1)11-13-9-5-2-6-10-13;1-5-6-7-11-8-9-12(10-11)13(2,3)4;;;/h7,9-10,12-13H,11H2,1-6H3;1-10H;9-11H,5-7H2,1-4H3;2*1H;/q;;;;;+2/p-2. The maximum atomic E-state index is 2.71. The van der Waals surface area contributed by atoms with Gasteiger partial charge in [-0.25, -0.2) is 0 Å². The second-order valence-electron chi connectivity index (χ2n) is 17.3. The molecule has 0 saturated carbocycles. The fraction of sp³-hybridized carbons (Fsp3) is 0.383. The van der Waals surface area contributed by atoms with E-state index in [2.05, 4.69) is 172 Å². The predicted octanol–water partition coefficient (Wildman–Crippen LogP) is 6.05. The molecule has 4 aromatic carbocycles. The molecule has 0 spiro atoms. The van der Waals surface area contributed by atoms with Gasteiger partial charge in [-0.05, 0) is 0 Å². The third-order valence-electron chi connectivity index (χ3n) is 10.5. The molecule has 262 valence electrons. The molecular formula is C47H56Cl2Zr. The van der Waals surface area contributed by atoms with Crippen LogP contribution in [0.1, 0.15) is 122 Å². The Kier molecular flexibility index (Phi) is 12.7. The molecule has 1 atom stereocenters. The van der Waals surface area contributed by atoms with Gasteiger partial charge in [0, 0.05) is 0 Å². The van der Waals surface area contributed by atoms with Gasteiger partial charge in [-0.1, -0.05) is 0 Å². The fourth-order valence-electron chi connectivity index (χ4n) is 7.51. The first-order valence-electron chi connectivity index (χ1n) is 18.3. The Morgan fingerprint density at radius 3 is 1.74 bits per heavy atom. The molecule has 0 aliphatic heterocycles. The Bertz CT molecular complexity index is 1860. The van der Waals surface area contributed by atoms with Crippen molar-refractivity contribution in [2.45, 2.75) is 106 Å². The summed E-state index contributed by atoms with van der Waals surface area (Å²) in [6, 6.07) is 35.5. The van der Waals surface area contributed by atoms with Crippen LogP contribution in [0.2, 0.25) is 0 Å². The van der Waals surface area contributed by atoms with E-state index in [1.165, 1.54) is 63.8 Å².